The number of carbonyl (C=O) groups is 1. The fourth-order valence-electron chi connectivity index (χ4n) is 0.574. The molecular weight excluding hydrogens is 154 g/mol. The summed E-state index contributed by atoms with van der Waals surface area (Å²) >= 11 is 0. The molecule has 0 aliphatic heterocycles. The van der Waals surface area contributed by atoms with Crippen molar-refractivity contribution in [3.05, 3.63) is 23.8 Å². The molecule has 0 amide bonds. The highest BCUT2D eigenvalue weighted by Gasteiger charge is 2.02. The number of ether oxygens (including phenoxy) is 1. The van der Waals surface area contributed by atoms with Gasteiger partial charge in [-0.25, -0.2) is 4.79 Å². The minimum absolute atomic E-state index is 0.278. The first-order chi connectivity index (χ1) is 5.72. The summed E-state index contributed by atoms with van der Waals surface area (Å²) in [5.41, 5.74) is 5.75. The molecule has 0 saturated carbocycles. The van der Waals surface area contributed by atoms with Crippen LogP contribution in [-0.4, -0.2) is 19.1 Å². The zero-order valence-corrected chi connectivity index (χ0v) is 7.54. The first kappa shape index (κ1) is 10.9. The molecule has 0 aliphatic carbocycles. The molecule has 0 radical (unpaired) electrons. The molecule has 0 unspecified atom stereocenters. The zero-order chi connectivity index (χ0) is 9.40. The summed E-state index contributed by atoms with van der Waals surface area (Å²) in [4.78, 5) is 11.0. The Bertz CT molecular complexity index is 195. The Morgan fingerprint density at radius 2 is 2.25 bits per heavy atom. The van der Waals surface area contributed by atoms with Gasteiger partial charge in [-0.2, -0.15) is 0 Å². The normalized spacial score (nSPS) is 12.1. The maximum absolute atomic E-state index is 11.0. The van der Waals surface area contributed by atoms with Gasteiger partial charge in [0, 0.05) is 12.1 Å². The lowest BCUT2D eigenvalue weighted by Crippen LogP contribution is -2.13. The summed E-state index contributed by atoms with van der Waals surface area (Å²) in [6.45, 7) is 4.23. The van der Waals surface area contributed by atoms with Gasteiger partial charge < -0.3 is 10.5 Å². The van der Waals surface area contributed by atoms with Gasteiger partial charge in [-0.05, 0) is 13.8 Å². The van der Waals surface area contributed by atoms with Crippen molar-refractivity contribution < 1.29 is 9.53 Å². The third-order valence-corrected chi connectivity index (χ3v) is 1.21. The van der Waals surface area contributed by atoms with Crippen molar-refractivity contribution in [2.45, 2.75) is 13.8 Å². The van der Waals surface area contributed by atoms with Crippen molar-refractivity contribution in [3.63, 3.8) is 0 Å². The standard InChI is InChI=1S/C9H15NO2/c1-3-4-5-8(2)9(11)12-7-6-10/h3-5H,6-7,10H2,1-2H3. The second-order valence-corrected chi connectivity index (χ2v) is 2.30. The van der Waals surface area contributed by atoms with Gasteiger partial charge >= 0.3 is 5.97 Å². The van der Waals surface area contributed by atoms with E-state index in [9.17, 15) is 4.79 Å². The summed E-state index contributed by atoms with van der Waals surface area (Å²) in [5, 5.41) is 0. The molecule has 0 aromatic heterocycles. The van der Waals surface area contributed by atoms with Crippen LogP contribution in [0.15, 0.2) is 23.8 Å². The molecule has 0 heterocycles. The van der Waals surface area contributed by atoms with E-state index in [1.165, 1.54) is 0 Å². The highest BCUT2D eigenvalue weighted by Crippen LogP contribution is 1.96. The Morgan fingerprint density at radius 1 is 1.58 bits per heavy atom. The van der Waals surface area contributed by atoms with Gasteiger partial charge in [0.05, 0.1) is 0 Å². The lowest BCUT2D eigenvalue weighted by atomic mass is 10.3. The molecule has 0 atom stereocenters. The second kappa shape index (κ2) is 6.61. The molecule has 0 aromatic carbocycles. The Kier molecular flexibility index (Phi) is 6.01. The van der Waals surface area contributed by atoms with E-state index in [-0.39, 0.29) is 12.6 Å². The van der Waals surface area contributed by atoms with Crippen LogP contribution in [0.3, 0.4) is 0 Å². The van der Waals surface area contributed by atoms with Crippen LogP contribution < -0.4 is 5.73 Å². The molecule has 12 heavy (non-hydrogen) atoms. The molecule has 0 rings (SSSR count). The average molecular weight is 169 g/mol. The number of nitrogens with two attached hydrogens (primary N) is 1. The summed E-state index contributed by atoms with van der Waals surface area (Å²) in [6, 6.07) is 0. The summed E-state index contributed by atoms with van der Waals surface area (Å²) < 4.78 is 4.78. The predicted molar refractivity (Wildman–Crippen MR) is 48.6 cm³/mol. The van der Waals surface area contributed by atoms with Crippen molar-refractivity contribution in [1.29, 1.82) is 0 Å². The van der Waals surface area contributed by atoms with Gasteiger partial charge in [0.25, 0.3) is 0 Å². The highest BCUT2D eigenvalue weighted by atomic mass is 16.5. The van der Waals surface area contributed by atoms with Crippen LogP contribution in [0.1, 0.15) is 13.8 Å². The number of carbonyl (C=O) groups excluding carboxylic acids is 1. The lowest BCUT2D eigenvalue weighted by Gasteiger charge is -2.01. The van der Waals surface area contributed by atoms with E-state index < -0.39 is 0 Å². The molecular formula is C9H15NO2. The van der Waals surface area contributed by atoms with Crippen LogP contribution in [-0.2, 0) is 9.53 Å². The molecule has 68 valence electrons. The SMILES string of the molecule is CC=CC=C(C)C(=O)OCCN. The third kappa shape index (κ3) is 4.68. The van der Waals surface area contributed by atoms with Crippen LogP contribution in [0.5, 0.6) is 0 Å². The first-order valence-corrected chi connectivity index (χ1v) is 3.89. The molecule has 3 heteroatoms. The van der Waals surface area contributed by atoms with E-state index in [1.807, 2.05) is 13.0 Å². The van der Waals surface area contributed by atoms with Crippen LogP contribution in [0.25, 0.3) is 0 Å². The van der Waals surface area contributed by atoms with Gasteiger partial charge in [0.1, 0.15) is 6.61 Å². The Hall–Kier alpha value is -1.09. The maximum Gasteiger partial charge on any atom is 0.333 e. The van der Waals surface area contributed by atoms with E-state index in [1.54, 1.807) is 19.1 Å². The summed E-state index contributed by atoms with van der Waals surface area (Å²) in [7, 11) is 0. The fraction of sp³-hybridized carbons (Fsp3) is 0.444. The van der Waals surface area contributed by atoms with Crippen molar-refractivity contribution >= 4 is 5.97 Å². The summed E-state index contributed by atoms with van der Waals surface area (Å²) in [5.74, 6) is -0.307. The second-order valence-electron chi connectivity index (χ2n) is 2.30. The van der Waals surface area contributed by atoms with Gasteiger partial charge in [-0.3, -0.25) is 0 Å². The maximum atomic E-state index is 11.0. The molecule has 0 fully saturated rings. The van der Waals surface area contributed by atoms with Crippen molar-refractivity contribution in [1.82, 2.24) is 0 Å². The van der Waals surface area contributed by atoms with Gasteiger partial charge in [-0.15, -0.1) is 0 Å². The predicted octanol–water partition coefficient (Wildman–Crippen LogP) is 1.01. The van der Waals surface area contributed by atoms with E-state index in [0.29, 0.717) is 12.1 Å². The summed E-state index contributed by atoms with van der Waals surface area (Å²) in [6.07, 6.45) is 5.34. The molecule has 0 aliphatic rings. The molecule has 0 saturated heterocycles. The zero-order valence-electron chi connectivity index (χ0n) is 7.54. The largest absolute Gasteiger partial charge is 0.461 e. The van der Waals surface area contributed by atoms with Crippen LogP contribution in [0, 0.1) is 0 Å². The number of esters is 1. The number of hydrogen-bond donors (Lipinski definition) is 1. The molecule has 0 bridgehead atoms. The van der Waals surface area contributed by atoms with Crippen LogP contribution in [0.2, 0.25) is 0 Å². The number of rotatable bonds is 4. The average Bonchev–Trinajstić information content (AvgIpc) is 2.10. The van der Waals surface area contributed by atoms with Crippen molar-refractivity contribution in [2.75, 3.05) is 13.2 Å². The third-order valence-electron chi connectivity index (χ3n) is 1.21. The van der Waals surface area contributed by atoms with Gasteiger partial charge in [-0.1, -0.05) is 18.2 Å². The number of hydrogen-bond acceptors (Lipinski definition) is 3. The van der Waals surface area contributed by atoms with E-state index in [0.717, 1.165) is 0 Å². The van der Waals surface area contributed by atoms with Crippen molar-refractivity contribution in [3.8, 4) is 0 Å². The van der Waals surface area contributed by atoms with Gasteiger partial charge in [0.2, 0.25) is 0 Å². The Morgan fingerprint density at radius 3 is 2.75 bits per heavy atom. The molecule has 3 nitrogen and oxygen atoms in total. The molecule has 2 N–H and O–H groups in total. The Labute approximate surface area is 72.9 Å². The molecule has 0 aromatic rings. The minimum atomic E-state index is -0.307. The van der Waals surface area contributed by atoms with E-state index >= 15 is 0 Å². The number of allylic oxidation sites excluding steroid dienone is 3. The highest BCUT2D eigenvalue weighted by molar-refractivity contribution is 5.88. The molecule has 0 spiro atoms. The van der Waals surface area contributed by atoms with Gasteiger partial charge in [0.15, 0.2) is 0 Å². The van der Waals surface area contributed by atoms with E-state index in [4.69, 9.17) is 10.5 Å². The monoisotopic (exact) mass is 169 g/mol. The van der Waals surface area contributed by atoms with E-state index in [2.05, 4.69) is 0 Å². The van der Waals surface area contributed by atoms with Crippen LogP contribution >= 0.6 is 0 Å². The minimum Gasteiger partial charge on any atom is -0.461 e. The fourth-order valence-corrected chi connectivity index (χ4v) is 0.574. The smallest absolute Gasteiger partial charge is 0.333 e. The first-order valence-electron chi connectivity index (χ1n) is 3.89. The van der Waals surface area contributed by atoms with Crippen molar-refractivity contribution in [2.24, 2.45) is 5.73 Å². The lowest BCUT2D eigenvalue weighted by molar-refractivity contribution is -0.138. The topological polar surface area (TPSA) is 52.3 Å². The van der Waals surface area contributed by atoms with Crippen LogP contribution in [0.4, 0.5) is 0 Å². The quantitative estimate of drug-likeness (QED) is 0.388. The Balaban J connectivity index is 3.92.